The third kappa shape index (κ3) is 10.4. The van der Waals surface area contributed by atoms with Crippen LogP contribution < -0.4 is 5.32 Å². The summed E-state index contributed by atoms with van der Waals surface area (Å²) in [6, 6.07) is 7.60. The summed E-state index contributed by atoms with van der Waals surface area (Å²) < 4.78 is 76.8. The highest BCUT2D eigenvalue weighted by molar-refractivity contribution is 9.10. The summed E-state index contributed by atoms with van der Waals surface area (Å²) in [4.78, 5) is 23.3. The van der Waals surface area contributed by atoms with Gasteiger partial charge in [0.1, 0.15) is 6.42 Å². The van der Waals surface area contributed by atoms with Gasteiger partial charge in [0.05, 0.1) is 16.0 Å². The summed E-state index contributed by atoms with van der Waals surface area (Å²) in [5, 5.41) is 3.37. The van der Waals surface area contributed by atoms with Crippen LogP contribution in [-0.4, -0.2) is 55.6 Å². The Morgan fingerprint density at radius 1 is 1.12 bits per heavy atom. The quantitative estimate of drug-likeness (QED) is 0.247. The zero-order valence-corrected chi connectivity index (χ0v) is 24.6. The van der Waals surface area contributed by atoms with Gasteiger partial charge in [0.25, 0.3) is 0 Å². The molecule has 40 heavy (non-hydrogen) atoms. The molecular formula is C27H27BrCl2F6N2O2. The number of alkyl halides is 6. The molecule has 1 heterocycles. The van der Waals surface area contributed by atoms with Gasteiger partial charge in [-0.3, -0.25) is 9.59 Å². The molecule has 2 aromatic carbocycles. The van der Waals surface area contributed by atoms with E-state index >= 15 is 0 Å². The molecule has 0 aliphatic carbocycles. The van der Waals surface area contributed by atoms with Gasteiger partial charge in [0, 0.05) is 29.2 Å². The van der Waals surface area contributed by atoms with Crippen LogP contribution in [-0.2, 0) is 4.79 Å². The van der Waals surface area contributed by atoms with Crippen molar-refractivity contribution in [1.82, 2.24) is 10.2 Å². The average molecular weight is 676 g/mol. The number of aryl methyl sites for hydroxylation is 1. The number of hydrogen-bond acceptors (Lipinski definition) is 3. The molecule has 4 nitrogen and oxygen atoms in total. The van der Waals surface area contributed by atoms with Gasteiger partial charge in [-0.25, -0.2) is 0 Å². The van der Waals surface area contributed by atoms with E-state index in [9.17, 15) is 35.9 Å². The van der Waals surface area contributed by atoms with Gasteiger partial charge in [-0.2, -0.15) is 26.3 Å². The second-order valence-electron chi connectivity index (χ2n) is 9.15. The number of hydrogen-bond donors (Lipinski definition) is 1. The van der Waals surface area contributed by atoms with Crippen LogP contribution >= 0.6 is 39.1 Å². The van der Waals surface area contributed by atoms with E-state index in [0.717, 1.165) is 18.9 Å². The number of carbonyl (C=O) groups is 2. The maximum absolute atomic E-state index is 13.5. The highest BCUT2D eigenvalue weighted by Crippen LogP contribution is 2.39. The largest absolute Gasteiger partial charge is 0.399 e. The standard InChI is InChI=1S/C18H12BrCl2F3O.C9H15F3N2O/c1-10-6-13(8-16(20)17(10)21)14(18(22,23)24)5-3-11-2-4-12(9-25)15(19)7-11;1-13-7-2-4-14(5-3-7)8(15)6-9(10,11)12/h2-9,14H,1H3;7,13H,2-6H2,1H3/b5-3+;. The van der Waals surface area contributed by atoms with Crippen LogP contribution in [0.3, 0.4) is 0 Å². The summed E-state index contributed by atoms with van der Waals surface area (Å²) in [6.07, 6.45) is -5.69. The molecule has 0 saturated carbocycles. The van der Waals surface area contributed by atoms with Crippen molar-refractivity contribution in [3.63, 3.8) is 0 Å². The van der Waals surface area contributed by atoms with Gasteiger partial charge >= 0.3 is 12.4 Å². The smallest absolute Gasteiger partial charge is 0.342 e. The van der Waals surface area contributed by atoms with Crippen LogP contribution in [0.5, 0.6) is 0 Å². The predicted molar refractivity (Wildman–Crippen MR) is 148 cm³/mol. The molecular weight excluding hydrogens is 649 g/mol. The molecule has 1 fully saturated rings. The molecule has 1 unspecified atom stereocenters. The number of halogens is 9. The molecule has 1 amide bonds. The second-order valence-corrected chi connectivity index (χ2v) is 10.8. The molecule has 220 valence electrons. The topological polar surface area (TPSA) is 49.4 Å². The maximum atomic E-state index is 13.5. The number of amides is 1. The molecule has 13 heteroatoms. The van der Waals surface area contributed by atoms with Crippen LogP contribution in [0.1, 0.15) is 52.2 Å². The van der Waals surface area contributed by atoms with Gasteiger partial charge in [-0.1, -0.05) is 63.4 Å². The van der Waals surface area contributed by atoms with Gasteiger partial charge in [-0.05, 0) is 61.7 Å². The monoisotopic (exact) mass is 674 g/mol. The third-order valence-corrected chi connectivity index (χ3v) is 7.77. The molecule has 0 radical (unpaired) electrons. The van der Waals surface area contributed by atoms with Crippen LogP contribution in [0, 0.1) is 6.92 Å². The number of carbonyl (C=O) groups excluding carboxylic acids is 2. The van der Waals surface area contributed by atoms with Crippen molar-refractivity contribution in [2.45, 2.75) is 50.5 Å². The van der Waals surface area contributed by atoms with Gasteiger partial charge in [-0.15, -0.1) is 0 Å². The van der Waals surface area contributed by atoms with Gasteiger partial charge in [0.2, 0.25) is 5.91 Å². The fourth-order valence-corrected chi connectivity index (χ4v) is 4.87. The van der Waals surface area contributed by atoms with E-state index in [2.05, 4.69) is 21.2 Å². The van der Waals surface area contributed by atoms with E-state index < -0.39 is 30.6 Å². The molecule has 1 atom stereocenters. The van der Waals surface area contributed by atoms with Crippen molar-refractivity contribution >= 4 is 57.4 Å². The first-order chi connectivity index (χ1) is 18.6. The summed E-state index contributed by atoms with van der Waals surface area (Å²) in [6.45, 7) is 2.44. The van der Waals surface area contributed by atoms with Crippen LogP contribution in [0.4, 0.5) is 26.3 Å². The van der Waals surface area contributed by atoms with Crippen molar-refractivity contribution < 1.29 is 35.9 Å². The zero-order chi connectivity index (χ0) is 30.3. The molecule has 1 aliphatic heterocycles. The molecule has 3 rings (SSSR count). The summed E-state index contributed by atoms with van der Waals surface area (Å²) in [5.41, 5.74) is 1.44. The molecule has 1 saturated heterocycles. The van der Waals surface area contributed by atoms with E-state index in [1.807, 2.05) is 7.05 Å². The number of benzene rings is 2. The first-order valence-electron chi connectivity index (χ1n) is 12.0. The Morgan fingerprint density at radius 3 is 2.23 bits per heavy atom. The Hall–Kier alpha value is -2.08. The van der Waals surface area contributed by atoms with E-state index in [-0.39, 0.29) is 15.6 Å². The maximum Gasteiger partial charge on any atom is 0.399 e. The van der Waals surface area contributed by atoms with E-state index in [1.54, 1.807) is 19.1 Å². The SMILES string of the molecule is CNC1CCN(C(=O)CC(F)(F)F)CC1.Cc1cc(C(/C=C/c2ccc(C=O)c(Br)c2)C(F)(F)F)cc(Cl)c1Cl. The van der Waals surface area contributed by atoms with Gasteiger partial charge in [0.15, 0.2) is 6.29 Å². The van der Waals surface area contributed by atoms with Crippen molar-refractivity contribution in [3.05, 3.63) is 73.2 Å². The van der Waals surface area contributed by atoms with E-state index in [4.69, 9.17) is 23.2 Å². The first-order valence-corrected chi connectivity index (χ1v) is 13.6. The summed E-state index contributed by atoms with van der Waals surface area (Å²) in [5.74, 6) is -2.64. The van der Waals surface area contributed by atoms with Crippen LogP contribution in [0.15, 0.2) is 40.9 Å². The lowest BCUT2D eigenvalue weighted by molar-refractivity contribution is -0.162. The van der Waals surface area contributed by atoms with Crippen molar-refractivity contribution in [3.8, 4) is 0 Å². The van der Waals surface area contributed by atoms with E-state index in [1.165, 1.54) is 29.2 Å². The van der Waals surface area contributed by atoms with Crippen molar-refractivity contribution in [2.24, 2.45) is 0 Å². The minimum Gasteiger partial charge on any atom is -0.342 e. The number of piperidine rings is 1. The molecule has 1 aliphatic rings. The third-order valence-electron chi connectivity index (χ3n) is 6.18. The Kier molecular flexibility index (Phi) is 12.5. The average Bonchev–Trinajstić information content (AvgIpc) is 2.86. The summed E-state index contributed by atoms with van der Waals surface area (Å²) >= 11 is 15.1. The molecule has 2 aromatic rings. The van der Waals surface area contributed by atoms with Crippen LogP contribution in [0.2, 0.25) is 10.0 Å². The predicted octanol–water partition coefficient (Wildman–Crippen LogP) is 8.39. The fraction of sp³-hybridized carbons (Fsp3) is 0.407. The minimum absolute atomic E-state index is 0.0132. The van der Waals surface area contributed by atoms with Crippen molar-refractivity contribution in [2.75, 3.05) is 20.1 Å². The second kappa shape index (κ2) is 14.7. The number of aldehydes is 1. The minimum atomic E-state index is -4.49. The van der Waals surface area contributed by atoms with Crippen molar-refractivity contribution in [1.29, 1.82) is 0 Å². The Morgan fingerprint density at radius 2 is 1.75 bits per heavy atom. The van der Waals surface area contributed by atoms with Crippen LogP contribution in [0.25, 0.3) is 6.08 Å². The summed E-state index contributed by atoms with van der Waals surface area (Å²) in [7, 11) is 1.82. The Labute approximate surface area is 246 Å². The molecule has 0 bridgehead atoms. The number of allylic oxidation sites excluding steroid dienone is 1. The fourth-order valence-electron chi connectivity index (χ4n) is 3.99. The number of rotatable bonds is 6. The lowest BCUT2D eigenvalue weighted by Crippen LogP contribution is -2.44. The highest BCUT2D eigenvalue weighted by Gasteiger charge is 2.39. The number of likely N-dealkylation sites (tertiary alicyclic amines) is 1. The molecule has 1 N–H and O–H groups in total. The lowest BCUT2D eigenvalue weighted by Gasteiger charge is -2.32. The van der Waals surface area contributed by atoms with E-state index in [0.29, 0.717) is 46.6 Å². The Balaban J connectivity index is 0.000000319. The lowest BCUT2D eigenvalue weighted by atomic mass is 9.95. The van der Waals surface area contributed by atoms with Gasteiger partial charge < -0.3 is 10.2 Å². The first kappa shape index (κ1) is 34.1. The zero-order valence-electron chi connectivity index (χ0n) is 21.5. The number of nitrogens with zero attached hydrogens (tertiary/aromatic N) is 1. The molecule has 0 aromatic heterocycles. The molecule has 0 spiro atoms. The number of nitrogens with one attached hydrogen (secondary N) is 1. The Bertz CT molecular complexity index is 1190. The highest BCUT2D eigenvalue weighted by atomic mass is 79.9. The normalized spacial score (nSPS) is 15.5.